The number of hydrogen-bond donors (Lipinski definition) is 0. The summed E-state index contributed by atoms with van der Waals surface area (Å²) >= 11 is 0. The first-order valence-electron chi connectivity index (χ1n) is 2.68. The number of hydrogen-bond acceptors (Lipinski definition) is 1. The second-order valence-electron chi connectivity index (χ2n) is 2.02. The second kappa shape index (κ2) is 4.09. The van der Waals surface area contributed by atoms with Crippen LogP contribution in [0.5, 0.6) is 0 Å². The molecule has 0 atom stereocenters. The van der Waals surface area contributed by atoms with Crippen molar-refractivity contribution in [3.8, 4) is 0 Å². The molecule has 0 unspecified atom stereocenters. The third-order valence-corrected chi connectivity index (χ3v) is 1.10. The van der Waals surface area contributed by atoms with Crippen LogP contribution in [0.2, 0.25) is 0 Å². The molecule has 0 saturated carbocycles. The first-order chi connectivity index (χ1) is 4.50. The molecular weight excluding hydrogens is 183 g/mol. The van der Waals surface area contributed by atoms with Crippen LogP contribution in [0.4, 0.5) is 12.9 Å². The van der Waals surface area contributed by atoms with E-state index in [1.165, 1.54) is 7.05 Å². The van der Waals surface area contributed by atoms with E-state index in [1.807, 2.05) is 0 Å². The fourth-order valence-corrected chi connectivity index (χ4v) is 0.609. The molecule has 0 spiro atoms. The van der Waals surface area contributed by atoms with E-state index < -0.39 is 12.4 Å². The monoisotopic (exact) mass is 188 g/mol. The zero-order chi connectivity index (χ0) is 7.78. The molecule has 0 saturated heterocycles. The van der Waals surface area contributed by atoms with Crippen molar-refractivity contribution in [1.29, 1.82) is 0 Å². The topological polar surface area (TPSA) is 17.8 Å². The Labute approximate surface area is 105 Å². The molecule has 1 aromatic heterocycles. The van der Waals surface area contributed by atoms with Gasteiger partial charge >= 0.3 is 58.4 Å². The summed E-state index contributed by atoms with van der Waals surface area (Å²) in [5.41, 5.74) is -0.650. The SMILES string of the molecule is Cn1cc([B-](F)(F)F)cn1.[K+]. The van der Waals surface area contributed by atoms with Gasteiger partial charge < -0.3 is 12.9 Å². The van der Waals surface area contributed by atoms with Gasteiger partial charge in [-0.1, -0.05) is 5.46 Å². The van der Waals surface area contributed by atoms with Crippen molar-refractivity contribution < 1.29 is 64.3 Å². The van der Waals surface area contributed by atoms with E-state index >= 15 is 0 Å². The molecule has 1 heterocycles. The molecule has 0 radical (unpaired) electrons. The standard InChI is InChI=1S/C4H5BF3N2.K/c1-10-3-4(2-9-10)5(6,7)8;/h2-3H,1H3;/q-1;+1. The zero-order valence-electron chi connectivity index (χ0n) is 6.26. The minimum atomic E-state index is -4.87. The Kier molecular flexibility index (Phi) is 4.35. The summed E-state index contributed by atoms with van der Waals surface area (Å²) < 4.78 is 36.6. The van der Waals surface area contributed by atoms with E-state index in [2.05, 4.69) is 5.10 Å². The fraction of sp³-hybridized carbons (Fsp3) is 0.250. The molecule has 0 aliphatic carbocycles. The van der Waals surface area contributed by atoms with E-state index in [4.69, 9.17) is 0 Å². The summed E-state index contributed by atoms with van der Waals surface area (Å²) in [6, 6.07) is 0. The molecule has 11 heavy (non-hydrogen) atoms. The van der Waals surface area contributed by atoms with Gasteiger partial charge in [0.2, 0.25) is 0 Å². The van der Waals surface area contributed by atoms with Gasteiger partial charge in [-0.2, -0.15) is 5.10 Å². The van der Waals surface area contributed by atoms with Crippen molar-refractivity contribution in [1.82, 2.24) is 9.78 Å². The molecule has 0 amide bonds. The molecule has 0 aromatic carbocycles. The summed E-state index contributed by atoms with van der Waals surface area (Å²) in [5, 5.41) is 3.40. The van der Waals surface area contributed by atoms with Crippen molar-refractivity contribution in [2.45, 2.75) is 0 Å². The summed E-state index contributed by atoms with van der Waals surface area (Å²) in [5.74, 6) is 0. The van der Waals surface area contributed by atoms with E-state index in [9.17, 15) is 12.9 Å². The third kappa shape index (κ3) is 3.29. The van der Waals surface area contributed by atoms with E-state index in [1.54, 1.807) is 0 Å². The molecule has 1 aromatic rings. The third-order valence-electron chi connectivity index (χ3n) is 1.10. The minimum absolute atomic E-state index is 0. The van der Waals surface area contributed by atoms with Crippen molar-refractivity contribution >= 4 is 12.4 Å². The van der Waals surface area contributed by atoms with Crippen LogP contribution >= 0.6 is 0 Å². The van der Waals surface area contributed by atoms with Crippen LogP contribution in [0, 0.1) is 0 Å². The Morgan fingerprint density at radius 3 is 2.18 bits per heavy atom. The Bertz CT molecular complexity index is 233. The Morgan fingerprint density at radius 1 is 1.45 bits per heavy atom. The molecule has 7 heteroatoms. The van der Waals surface area contributed by atoms with Gasteiger partial charge in [-0.05, 0) is 6.20 Å². The molecule has 0 fully saturated rings. The molecular formula is C4H5BF3KN2. The van der Waals surface area contributed by atoms with Crippen molar-refractivity contribution in [2.24, 2.45) is 7.05 Å². The van der Waals surface area contributed by atoms with Gasteiger partial charge in [0.1, 0.15) is 0 Å². The van der Waals surface area contributed by atoms with E-state index in [0.29, 0.717) is 0 Å². The first kappa shape index (κ1) is 11.7. The predicted octanol–water partition coefficient (Wildman–Crippen LogP) is -2.52. The number of aromatic nitrogens is 2. The molecule has 0 aliphatic rings. The molecule has 2 nitrogen and oxygen atoms in total. The average Bonchev–Trinajstić information content (AvgIpc) is 2.11. The number of nitrogens with zero attached hydrogens (tertiary/aromatic N) is 2. The van der Waals surface area contributed by atoms with Crippen molar-refractivity contribution in [3.05, 3.63) is 12.4 Å². The number of aryl methyl sites for hydroxylation is 1. The maximum absolute atomic E-state index is 11.8. The predicted molar refractivity (Wildman–Crippen MR) is 31.9 cm³/mol. The van der Waals surface area contributed by atoms with Crippen LogP contribution < -0.4 is 56.8 Å². The van der Waals surface area contributed by atoms with E-state index in [0.717, 1.165) is 17.1 Å². The summed E-state index contributed by atoms with van der Waals surface area (Å²) in [6.07, 6.45) is 1.78. The quantitative estimate of drug-likeness (QED) is 0.444. The molecule has 0 aliphatic heterocycles. The fourth-order valence-electron chi connectivity index (χ4n) is 0.609. The Morgan fingerprint density at radius 2 is 2.00 bits per heavy atom. The summed E-state index contributed by atoms with van der Waals surface area (Å²) in [4.78, 5) is 0. The number of rotatable bonds is 1. The van der Waals surface area contributed by atoms with Crippen LogP contribution in [0.25, 0.3) is 0 Å². The van der Waals surface area contributed by atoms with Crippen molar-refractivity contribution in [3.63, 3.8) is 0 Å². The minimum Gasteiger partial charge on any atom is -0.445 e. The van der Waals surface area contributed by atoms with Crippen LogP contribution in [0.15, 0.2) is 12.4 Å². The van der Waals surface area contributed by atoms with Gasteiger partial charge in [-0.3, -0.25) is 4.68 Å². The normalized spacial score (nSPS) is 10.9. The van der Waals surface area contributed by atoms with Gasteiger partial charge in [-0.15, -0.1) is 0 Å². The zero-order valence-corrected chi connectivity index (χ0v) is 9.38. The van der Waals surface area contributed by atoms with Gasteiger partial charge in [0.25, 0.3) is 0 Å². The number of halogens is 3. The summed E-state index contributed by atoms with van der Waals surface area (Å²) in [7, 11) is 1.45. The van der Waals surface area contributed by atoms with Gasteiger partial charge in [0.15, 0.2) is 0 Å². The van der Waals surface area contributed by atoms with Gasteiger partial charge in [0, 0.05) is 13.2 Å². The van der Waals surface area contributed by atoms with E-state index in [-0.39, 0.29) is 51.4 Å². The van der Waals surface area contributed by atoms with Crippen molar-refractivity contribution in [2.75, 3.05) is 0 Å². The maximum Gasteiger partial charge on any atom is 1.00 e. The van der Waals surface area contributed by atoms with Gasteiger partial charge in [0.05, 0.1) is 0 Å². The smallest absolute Gasteiger partial charge is 0.445 e. The van der Waals surface area contributed by atoms with Crippen LogP contribution in [-0.2, 0) is 7.05 Å². The molecule has 0 N–H and O–H groups in total. The summed E-state index contributed by atoms with van der Waals surface area (Å²) in [6.45, 7) is -4.87. The van der Waals surface area contributed by atoms with Gasteiger partial charge in [-0.25, -0.2) is 0 Å². The Balaban J connectivity index is 0.000001000. The van der Waals surface area contributed by atoms with Crippen LogP contribution in [0.3, 0.4) is 0 Å². The van der Waals surface area contributed by atoms with Crippen LogP contribution in [-0.4, -0.2) is 16.8 Å². The largest absolute Gasteiger partial charge is 1.00 e. The maximum atomic E-state index is 11.8. The first-order valence-corrected chi connectivity index (χ1v) is 2.68. The van der Waals surface area contributed by atoms with Crippen LogP contribution in [0.1, 0.15) is 0 Å². The Hall–Kier alpha value is 0.701. The average molecular weight is 188 g/mol. The molecule has 56 valence electrons. The molecule has 0 bridgehead atoms. The second-order valence-corrected chi connectivity index (χ2v) is 2.02. The molecule has 1 rings (SSSR count).